The lowest BCUT2D eigenvalue weighted by Gasteiger charge is -2.15. The van der Waals surface area contributed by atoms with Crippen LogP contribution in [0.1, 0.15) is 25.3 Å². The van der Waals surface area contributed by atoms with Gasteiger partial charge in [0.25, 0.3) is 5.91 Å². The predicted octanol–water partition coefficient (Wildman–Crippen LogP) is 4.47. The molecule has 0 atom stereocenters. The lowest BCUT2D eigenvalue weighted by Crippen LogP contribution is -2.32. The van der Waals surface area contributed by atoms with Gasteiger partial charge < -0.3 is 5.32 Å². The Hall–Kier alpha value is -2.59. The van der Waals surface area contributed by atoms with Gasteiger partial charge in [-0.25, -0.2) is 4.90 Å². The molecule has 0 unspecified atom stereocenters. The normalized spacial score (nSPS) is 17.4. The minimum Gasteiger partial charge on any atom is -0.321 e. The lowest BCUT2D eigenvalue weighted by atomic mass is 10.2. The van der Waals surface area contributed by atoms with E-state index >= 15 is 0 Å². The summed E-state index contributed by atoms with van der Waals surface area (Å²) in [6.45, 7) is 2.79. The van der Waals surface area contributed by atoms with Gasteiger partial charge >= 0.3 is 0 Å². The second-order valence-electron chi connectivity index (χ2n) is 5.77. The van der Waals surface area contributed by atoms with Gasteiger partial charge in [0.05, 0.1) is 5.69 Å². The monoisotopic (exact) mass is 353 g/mol. The van der Waals surface area contributed by atoms with Crippen molar-refractivity contribution in [1.82, 2.24) is 5.32 Å². The molecule has 0 bridgehead atoms. The number of halogens is 1. The molecule has 128 valence electrons. The third kappa shape index (κ3) is 4.09. The van der Waals surface area contributed by atoms with Gasteiger partial charge in [-0.1, -0.05) is 55.3 Å². The molecule has 1 amide bonds. The second-order valence-corrected chi connectivity index (χ2v) is 6.21. The molecule has 0 saturated carbocycles. The van der Waals surface area contributed by atoms with E-state index in [1.54, 1.807) is 17.0 Å². The summed E-state index contributed by atoms with van der Waals surface area (Å²) in [6.07, 6.45) is 3.87. The summed E-state index contributed by atoms with van der Waals surface area (Å²) in [5.74, 6) is 0.435. The molecule has 2 aromatic carbocycles. The van der Waals surface area contributed by atoms with Gasteiger partial charge in [-0.2, -0.15) is 0 Å². The molecule has 1 saturated heterocycles. The average Bonchev–Trinajstić information content (AvgIpc) is 2.93. The third-order valence-corrected chi connectivity index (χ3v) is 4.11. The van der Waals surface area contributed by atoms with Crippen LogP contribution in [0.25, 0.3) is 6.08 Å². The molecule has 5 heteroatoms. The first-order valence-electron chi connectivity index (χ1n) is 8.37. The van der Waals surface area contributed by atoms with Crippen molar-refractivity contribution in [3.05, 3.63) is 70.9 Å². The Morgan fingerprint density at radius 3 is 2.52 bits per heavy atom. The van der Waals surface area contributed by atoms with E-state index in [1.165, 1.54) is 0 Å². The molecular weight excluding hydrogens is 334 g/mol. The maximum Gasteiger partial charge on any atom is 0.281 e. The van der Waals surface area contributed by atoms with Gasteiger partial charge in [-0.15, -0.1) is 0 Å². The minimum atomic E-state index is -0.124. The topological polar surface area (TPSA) is 44.7 Å². The van der Waals surface area contributed by atoms with Crippen LogP contribution in [-0.2, 0) is 4.79 Å². The Kier molecular flexibility index (Phi) is 5.51. The van der Waals surface area contributed by atoms with E-state index in [-0.39, 0.29) is 5.91 Å². The Morgan fingerprint density at radius 2 is 1.84 bits per heavy atom. The fourth-order valence-corrected chi connectivity index (χ4v) is 2.67. The second kappa shape index (κ2) is 7.99. The van der Waals surface area contributed by atoms with Crippen LogP contribution in [0.3, 0.4) is 0 Å². The number of amides is 1. The van der Waals surface area contributed by atoms with Crippen molar-refractivity contribution < 1.29 is 4.79 Å². The molecule has 1 aliphatic rings. The Morgan fingerprint density at radius 1 is 1.12 bits per heavy atom. The maximum absolute atomic E-state index is 12.9. The molecule has 0 aromatic heterocycles. The highest BCUT2D eigenvalue weighted by Crippen LogP contribution is 2.24. The SMILES string of the molecule is CCCCN=C1N/C(=C/c2ccccc2)C(=O)N1c1ccc(Cl)cc1. The quantitative estimate of drug-likeness (QED) is 0.636. The number of guanidine groups is 1. The first-order valence-corrected chi connectivity index (χ1v) is 8.75. The summed E-state index contributed by atoms with van der Waals surface area (Å²) in [7, 11) is 0. The maximum atomic E-state index is 12.9. The summed E-state index contributed by atoms with van der Waals surface area (Å²) >= 11 is 5.97. The zero-order chi connectivity index (χ0) is 17.6. The molecule has 3 rings (SSSR count). The minimum absolute atomic E-state index is 0.124. The molecule has 0 radical (unpaired) electrons. The highest BCUT2D eigenvalue weighted by molar-refractivity contribution is 6.31. The van der Waals surface area contributed by atoms with Gasteiger partial charge in [0, 0.05) is 11.6 Å². The lowest BCUT2D eigenvalue weighted by molar-refractivity contribution is -0.113. The van der Waals surface area contributed by atoms with E-state index < -0.39 is 0 Å². The molecule has 0 spiro atoms. The molecule has 2 aromatic rings. The van der Waals surface area contributed by atoms with Crippen LogP contribution < -0.4 is 10.2 Å². The molecule has 1 heterocycles. The molecule has 1 N–H and O–H groups in total. The van der Waals surface area contributed by atoms with E-state index in [0.717, 1.165) is 24.1 Å². The van der Waals surface area contributed by atoms with Crippen LogP contribution in [0.5, 0.6) is 0 Å². The standard InChI is InChI=1S/C20H20ClN3O/c1-2-3-13-22-20-23-18(14-15-7-5-4-6-8-15)19(25)24(20)17-11-9-16(21)10-12-17/h4-12,14H,2-3,13H2,1H3,(H,22,23)/b18-14+. The van der Waals surface area contributed by atoms with E-state index in [9.17, 15) is 4.79 Å². The van der Waals surface area contributed by atoms with E-state index in [1.807, 2.05) is 48.5 Å². The van der Waals surface area contributed by atoms with Crippen molar-refractivity contribution in [1.29, 1.82) is 0 Å². The van der Waals surface area contributed by atoms with E-state index in [0.29, 0.717) is 23.2 Å². The van der Waals surface area contributed by atoms with Crippen LogP contribution in [0.2, 0.25) is 5.02 Å². The molecule has 1 aliphatic heterocycles. The number of benzene rings is 2. The van der Waals surface area contributed by atoms with Crippen LogP contribution in [-0.4, -0.2) is 18.4 Å². The number of carbonyl (C=O) groups is 1. The number of nitrogens with one attached hydrogen (secondary N) is 1. The highest BCUT2D eigenvalue weighted by atomic mass is 35.5. The summed E-state index contributed by atoms with van der Waals surface area (Å²) < 4.78 is 0. The number of hydrogen-bond acceptors (Lipinski definition) is 2. The van der Waals surface area contributed by atoms with Gasteiger partial charge in [0.2, 0.25) is 5.96 Å². The van der Waals surface area contributed by atoms with Crippen molar-refractivity contribution in [2.75, 3.05) is 11.4 Å². The van der Waals surface area contributed by atoms with Crippen molar-refractivity contribution in [2.24, 2.45) is 4.99 Å². The molecular formula is C20H20ClN3O. The largest absolute Gasteiger partial charge is 0.321 e. The first-order chi connectivity index (χ1) is 12.2. The van der Waals surface area contributed by atoms with Crippen molar-refractivity contribution in [3.8, 4) is 0 Å². The Balaban J connectivity index is 1.95. The molecule has 4 nitrogen and oxygen atoms in total. The summed E-state index contributed by atoms with van der Waals surface area (Å²) in [5.41, 5.74) is 2.22. The van der Waals surface area contributed by atoms with Gasteiger partial charge in [-0.3, -0.25) is 9.79 Å². The Labute approximate surface area is 152 Å². The smallest absolute Gasteiger partial charge is 0.281 e. The van der Waals surface area contributed by atoms with Crippen LogP contribution in [0.15, 0.2) is 65.3 Å². The zero-order valence-corrected chi connectivity index (χ0v) is 14.8. The fourth-order valence-electron chi connectivity index (χ4n) is 2.54. The van der Waals surface area contributed by atoms with E-state index in [4.69, 9.17) is 11.6 Å². The van der Waals surface area contributed by atoms with Gasteiger partial charge in [0.1, 0.15) is 5.70 Å². The van der Waals surface area contributed by atoms with Crippen molar-refractivity contribution in [2.45, 2.75) is 19.8 Å². The number of unbranched alkanes of at least 4 members (excludes halogenated alkanes) is 1. The number of carbonyl (C=O) groups excluding carboxylic acids is 1. The number of nitrogens with zero attached hydrogens (tertiary/aromatic N) is 2. The highest BCUT2D eigenvalue weighted by Gasteiger charge is 2.33. The fraction of sp³-hybridized carbons (Fsp3) is 0.200. The summed E-state index contributed by atoms with van der Waals surface area (Å²) in [6, 6.07) is 16.9. The number of aliphatic imine (C=N–C) groups is 1. The molecule has 0 aliphatic carbocycles. The van der Waals surface area contributed by atoms with Crippen molar-refractivity contribution in [3.63, 3.8) is 0 Å². The number of anilines is 1. The van der Waals surface area contributed by atoms with Crippen LogP contribution in [0.4, 0.5) is 5.69 Å². The van der Waals surface area contributed by atoms with Crippen molar-refractivity contribution >= 4 is 35.2 Å². The Bertz CT molecular complexity index is 797. The van der Waals surface area contributed by atoms with Gasteiger partial charge in [0.15, 0.2) is 0 Å². The predicted molar refractivity (Wildman–Crippen MR) is 104 cm³/mol. The first kappa shape index (κ1) is 17.2. The number of rotatable bonds is 5. The van der Waals surface area contributed by atoms with Crippen LogP contribution >= 0.6 is 11.6 Å². The summed E-state index contributed by atoms with van der Waals surface area (Å²) in [5, 5.41) is 3.80. The number of hydrogen-bond donors (Lipinski definition) is 1. The zero-order valence-electron chi connectivity index (χ0n) is 14.1. The average molecular weight is 354 g/mol. The molecule has 25 heavy (non-hydrogen) atoms. The van der Waals surface area contributed by atoms with Gasteiger partial charge in [-0.05, 0) is 42.3 Å². The molecule has 1 fully saturated rings. The van der Waals surface area contributed by atoms with E-state index in [2.05, 4.69) is 17.2 Å². The third-order valence-electron chi connectivity index (χ3n) is 3.86. The summed E-state index contributed by atoms with van der Waals surface area (Å²) in [4.78, 5) is 19.1. The van der Waals surface area contributed by atoms with Crippen LogP contribution in [0, 0.1) is 0 Å².